The molecule has 2 rings (SSSR count). The predicted molar refractivity (Wildman–Crippen MR) is 71.7 cm³/mol. The number of nitrogens with zero attached hydrogens (tertiary/aromatic N) is 2. The van der Waals surface area contributed by atoms with Gasteiger partial charge in [0, 0.05) is 6.04 Å². The summed E-state index contributed by atoms with van der Waals surface area (Å²) < 4.78 is 0.638. The second-order valence-corrected chi connectivity index (χ2v) is 5.19. The van der Waals surface area contributed by atoms with Crippen molar-refractivity contribution >= 4 is 28.4 Å². The predicted octanol–water partition coefficient (Wildman–Crippen LogP) is 0.881. The van der Waals surface area contributed by atoms with Gasteiger partial charge in [0.15, 0.2) is 0 Å². The molecule has 1 fully saturated rings. The Hall–Kier alpha value is -0.630. The van der Waals surface area contributed by atoms with Crippen LogP contribution in [-0.2, 0) is 0 Å². The zero-order chi connectivity index (χ0) is 11.5. The van der Waals surface area contributed by atoms with E-state index in [9.17, 15) is 4.79 Å². The Kier molecular flexibility index (Phi) is 3.80. The standard InChI is InChI=1S/C10H15IN4O/c1-15-4-2-7(3-5-15)14-9-8(11)10(16)13-6-12-9/h6-7H,2-5H2,1H3,(H2,12,13,14,16). The van der Waals surface area contributed by atoms with Gasteiger partial charge in [-0.1, -0.05) is 0 Å². The Bertz CT molecular complexity index is 412. The Morgan fingerprint density at radius 2 is 2.25 bits per heavy atom. The third-order valence-electron chi connectivity index (χ3n) is 2.86. The first-order valence-electron chi connectivity index (χ1n) is 5.35. The number of piperidine rings is 1. The topological polar surface area (TPSA) is 61.0 Å². The second kappa shape index (κ2) is 5.13. The second-order valence-electron chi connectivity index (χ2n) is 4.12. The highest BCUT2D eigenvalue weighted by Gasteiger charge is 2.18. The van der Waals surface area contributed by atoms with Gasteiger partial charge in [-0.15, -0.1) is 0 Å². The summed E-state index contributed by atoms with van der Waals surface area (Å²) in [5.41, 5.74) is -0.0778. The largest absolute Gasteiger partial charge is 0.366 e. The lowest BCUT2D eigenvalue weighted by Crippen LogP contribution is -2.37. The van der Waals surface area contributed by atoms with Crippen LogP contribution in [0.15, 0.2) is 11.1 Å². The molecule has 0 bridgehead atoms. The monoisotopic (exact) mass is 334 g/mol. The van der Waals surface area contributed by atoms with E-state index < -0.39 is 0 Å². The van der Waals surface area contributed by atoms with Crippen LogP contribution in [-0.4, -0.2) is 41.0 Å². The summed E-state index contributed by atoms with van der Waals surface area (Å²) in [4.78, 5) is 20.4. The van der Waals surface area contributed by atoms with E-state index in [0.717, 1.165) is 25.9 Å². The summed E-state index contributed by atoms with van der Waals surface area (Å²) in [6, 6.07) is 0.430. The Morgan fingerprint density at radius 1 is 1.56 bits per heavy atom. The summed E-state index contributed by atoms with van der Waals surface area (Å²) in [7, 11) is 2.13. The van der Waals surface area contributed by atoms with E-state index >= 15 is 0 Å². The number of rotatable bonds is 2. The fraction of sp³-hybridized carbons (Fsp3) is 0.600. The van der Waals surface area contributed by atoms with Crippen molar-refractivity contribution in [3.63, 3.8) is 0 Å². The molecule has 0 amide bonds. The molecule has 1 aromatic heterocycles. The summed E-state index contributed by atoms with van der Waals surface area (Å²) in [5.74, 6) is 0.707. The molecule has 0 unspecified atom stereocenters. The van der Waals surface area contributed by atoms with Gasteiger partial charge in [0.2, 0.25) is 0 Å². The normalized spacial score (nSPS) is 18.6. The third kappa shape index (κ3) is 2.73. The van der Waals surface area contributed by atoms with E-state index in [1.165, 1.54) is 6.33 Å². The van der Waals surface area contributed by atoms with Crippen molar-refractivity contribution in [1.29, 1.82) is 0 Å². The number of H-pyrrole nitrogens is 1. The fourth-order valence-corrected chi connectivity index (χ4v) is 2.28. The first-order valence-corrected chi connectivity index (χ1v) is 6.43. The zero-order valence-electron chi connectivity index (χ0n) is 9.16. The number of hydrogen-bond donors (Lipinski definition) is 2. The van der Waals surface area contributed by atoms with Gasteiger partial charge in [0.1, 0.15) is 9.39 Å². The molecule has 2 heterocycles. The number of halogens is 1. The van der Waals surface area contributed by atoms with Crippen LogP contribution in [0.4, 0.5) is 5.82 Å². The smallest absolute Gasteiger partial charge is 0.266 e. The van der Waals surface area contributed by atoms with Gasteiger partial charge in [-0.2, -0.15) is 0 Å². The van der Waals surface area contributed by atoms with Gasteiger partial charge in [-0.25, -0.2) is 4.98 Å². The lowest BCUT2D eigenvalue weighted by molar-refractivity contribution is 0.263. The molecule has 2 N–H and O–H groups in total. The number of nitrogens with one attached hydrogen (secondary N) is 2. The van der Waals surface area contributed by atoms with E-state index in [-0.39, 0.29) is 5.56 Å². The molecule has 0 aromatic carbocycles. The minimum Gasteiger partial charge on any atom is -0.366 e. The molecule has 1 aromatic rings. The van der Waals surface area contributed by atoms with E-state index in [1.54, 1.807) is 0 Å². The van der Waals surface area contributed by atoms with E-state index in [4.69, 9.17) is 0 Å². The number of hydrogen-bond acceptors (Lipinski definition) is 4. The molecule has 1 saturated heterocycles. The van der Waals surface area contributed by atoms with E-state index in [0.29, 0.717) is 15.4 Å². The van der Waals surface area contributed by atoms with Crippen LogP contribution in [0.2, 0.25) is 0 Å². The van der Waals surface area contributed by atoms with E-state index in [1.807, 2.05) is 22.6 Å². The maximum Gasteiger partial charge on any atom is 0.266 e. The maximum absolute atomic E-state index is 11.4. The van der Waals surface area contributed by atoms with Gasteiger partial charge in [-0.05, 0) is 55.6 Å². The number of aromatic amines is 1. The molecule has 0 atom stereocenters. The minimum atomic E-state index is -0.0778. The minimum absolute atomic E-state index is 0.0778. The summed E-state index contributed by atoms with van der Waals surface area (Å²) >= 11 is 2.03. The first-order chi connectivity index (χ1) is 7.66. The Morgan fingerprint density at radius 3 is 2.94 bits per heavy atom. The Labute approximate surface area is 108 Å². The molecule has 0 aliphatic carbocycles. The average molecular weight is 334 g/mol. The number of aromatic nitrogens is 2. The third-order valence-corrected chi connectivity index (χ3v) is 3.86. The van der Waals surface area contributed by atoms with Gasteiger partial charge in [0.25, 0.3) is 5.56 Å². The summed E-state index contributed by atoms with van der Waals surface area (Å²) in [6.07, 6.45) is 3.64. The van der Waals surface area contributed by atoms with Gasteiger partial charge >= 0.3 is 0 Å². The van der Waals surface area contributed by atoms with Crippen LogP contribution in [0.25, 0.3) is 0 Å². The first kappa shape index (κ1) is 11.8. The van der Waals surface area contributed by atoms with Gasteiger partial charge < -0.3 is 15.2 Å². The molecule has 6 heteroatoms. The van der Waals surface area contributed by atoms with Crippen molar-refractivity contribution in [2.45, 2.75) is 18.9 Å². The van der Waals surface area contributed by atoms with Crippen LogP contribution in [0.3, 0.4) is 0 Å². The van der Waals surface area contributed by atoms with Crippen molar-refractivity contribution in [2.75, 3.05) is 25.5 Å². The number of likely N-dealkylation sites (tertiary alicyclic amines) is 1. The molecule has 16 heavy (non-hydrogen) atoms. The lowest BCUT2D eigenvalue weighted by atomic mass is 10.1. The molecule has 1 aliphatic heterocycles. The number of anilines is 1. The highest BCUT2D eigenvalue weighted by atomic mass is 127. The molecule has 0 spiro atoms. The van der Waals surface area contributed by atoms with Crippen LogP contribution in [0.5, 0.6) is 0 Å². The van der Waals surface area contributed by atoms with Crippen molar-refractivity contribution in [3.8, 4) is 0 Å². The van der Waals surface area contributed by atoms with Crippen molar-refractivity contribution < 1.29 is 0 Å². The van der Waals surface area contributed by atoms with E-state index in [2.05, 4.69) is 27.2 Å². The van der Waals surface area contributed by atoms with Gasteiger partial charge in [0.05, 0.1) is 6.33 Å². The van der Waals surface area contributed by atoms with Crippen LogP contribution >= 0.6 is 22.6 Å². The van der Waals surface area contributed by atoms with Gasteiger partial charge in [-0.3, -0.25) is 4.79 Å². The summed E-state index contributed by atoms with van der Waals surface area (Å²) in [5, 5.41) is 3.35. The highest BCUT2D eigenvalue weighted by molar-refractivity contribution is 14.1. The molecule has 0 radical (unpaired) electrons. The fourth-order valence-electron chi connectivity index (χ4n) is 1.83. The maximum atomic E-state index is 11.4. The average Bonchev–Trinajstić information content (AvgIpc) is 2.28. The van der Waals surface area contributed by atoms with Crippen molar-refractivity contribution in [2.24, 2.45) is 0 Å². The molecule has 5 nitrogen and oxygen atoms in total. The SMILES string of the molecule is CN1CCC(Nc2nc[nH]c(=O)c2I)CC1. The van der Waals surface area contributed by atoms with Crippen LogP contribution in [0.1, 0.15) is 12.8 Å². The van der Waals surface area contributed by atoms with Crippen LogP contribution in [0, 0.1) is 3.57 Å². The lowest BCUT2D eigenvalue weighted by Gasteiger charge is -2.29. The molecule has 0 saturated carbocycles. The quantitative estimate of drug-likeness (QED) is 0.789. The molecular weight excluding hydrogens is 319 g/mol. The van der Waals surface area contributed by atoms with Crippen LogP contribution < -0.4 is 10.9 Å². The van der Waals surface area contributed by atoms with Crippen molar-refractivity contribution in [1.82, 2.24) is 14.9 Å². The Balaban J connectivity index is 2.04. The summed E-state index contributed by atoms with van der Waals surface area (Å²) in [6.45, 7) is 2.19. The van der Waals surface area contributed by atoms with Crippen molar-refractivity contribution in [3.05, 3.63) is 20.3 Å². The molecule has 88 valence electrons. The molecule has 1 aliphatic rings. The zero-order valence-corrected chi connectivity index (χ0v) is 11.3. The highest BCUT2D eigenvalue weighted by Crippen LogP contribution is 2.16. The molecular formula is C10H15IN4O.